The van der Waals surface area contributed by atoms with Crippen LogP contribution in [0.5, 0.6) is 0 Å². The van der Waals surface area contributed by atoms with Crippen LogP contribution < -0.4 is 5.32 Å². The van der Waals surface area contributed by atoms with Crippen LogP contribution in [0.1, 0.15) is 31.2 Å². The first-order chi connectivity index (χ1) is 10.8. The van der Waals surface area contributed by atoms with E-state index in [0.717, 1.165) is 29.9 Å². The van der Waals surface area contributed by atoms with Gasteiger partial charge < -0.3 is 4.74 Å². The van der Waals surface area contributed by atoms with Gasteiger partial charge in [0.15, 0.2) is 0 Å². The Balaban J connectivity index is 1.76. The molecule has 1 heterocycles. The molecular weight excluding hydrogens is 276 g/mol. The Hall–Kier alpha value is -2.36. The predicted octanol–water partition coefficient (Wildman–Crippen LogP) is 4.09. The third-order valence-corrected chi connectivity index (χ3v) is 4.01. The lowest BCUT2D eigenvalue weighted by atomic mass is 9.88. The summed E-state index contributed by atoms with van der Waals surface area (Å²) in [6, 6.07) is 7.79. The van der Waals surface area contributed by atoms with Crippen molar-refractivity contribution in [1.82, 2.24) is 0 Å². The number of nitrogens with zero attached hydrogens (tertiary/aromatic N) is 1. The SMILES string of the molecule is C=CCOC(=O)Nc1cccc(C2=NCC3=C2CCCC3)c1. The van der Waals surface area contributed by atoms with E-state index in [1.54, 1.807) is 6.08 Å². The Labute approximate surface area is 130 Å². The van der Waals surface area contributed by atoms with E-state index in [4.69, 9.17) is 9.73 Å². The van der Waals surface area contributed by atoms with Crippen LogP contribution in [-0.4, -0.2) is 25.0 Å². The lowest BCUT2D eigenvalue weighted by molar-refractivity contribution is 0.174. The first-order valence-corrected chi connectivity index (χ1v) is 7.69. The average molecular weight is 296 g/mol. The van der Waals surface area contributed by atoms with Crippen LogP contribution in [0.25, 0.3) is 0 Å². The number of hydrogen-bond acceptors (Lipinski definition) is 3. The molecule has 0 aromatic heterocycles. The molecule has 4 nitrogen and oxygen atoms in total. The molecule has 0 unspecified atom stereocenters. The zero-order valence-corrected chi connectivity index (χ0v) is 12.6. The minimum Gasteiger partial charge on any atom is -0.445 e. The van der Waals surface area contributed by atoms with Gasteiger partial charge in [-0.25, -0.2) is 4.79 Å². The van der Waals surface area contributed by atoms with Gasteiger partial charge in [-0.15, -0.1) is 0 Å². The molecule has 1 N–H and O–H groups in total. The van der Waals surface area contributed by atoms with E-state index >= 15 is 0 Å². The third-order valence-electron chi connectivity index (χ3n) is 4.01. The van der Waals surface area contributed by atoms with Gasteiger partial charge in [-0.1, -0.05) is 24.8 Å². The lowest BCUT2D eigenvalue weighted by Gasteiger charge is -2.15. The van der Waals surface area contributed by atoms with Crippen molar-refractivity contribution in [3.63, 3.8) is 0 Å². The van der Waals surface area contributed by atoms with E-state index < -0.39 is 6.09 Å². The van der Waals surface area contributed by atoms with Crippen molar-refractivity contribution < 1.29 is 9.53 Å². The van der Waals surface area contributed by atoms with Crippen LogP contribution in [0.3, 0.4) is 0 Å². The van der Waals surface area contributed by atoms with E-state index in [-0.39, 0.29) is 6.61 Å². The number of rotatable bonds is 4. The molecule has 2 aliphatic rings. The molecule has 0 bridgehead atoms. The molecule has 3 rings (SSSR count). The van der Waals surface area contributed by atoms with Crippen LogP contribution >= 0.6 is 0 Å². The topological polar surface area (TPSA) is 50.7 Å². The summed E-state index contributed by atoms with van der Waals surface area (Å²) in [6.45, 7) is 4.56. The number of allylic oxidation sites excluding steroid dienone is 1. The fraction of sp³-hybridized carbons (Fsp3) is 0.333. The molecule has 4 heteroatoms. The quantitative estimate of drug-likeness (QED) is 0.851. The Kier molecular flexibility index (Phi) is 4.37. The normalized spacial score (nSPS) is 16.8. The van der Waals surface area contributed by atoms with Crippen molar-refractivity contribution in [2.24, 2.45) is 4.99 Å². The number of ether oxygens (including phenoxy) is 1. The highest BCUT2D eigenvalue weighted by atomic mass is 16.5. The summed E-state index contributed by atoms with van der Waals surface area (Å²) < 4.78 is 4.94. The number of aliphatic imine (C=N–C) groups is 1. The maximum atomic E-state index is 11.6. The van der Waals surface area contributed by atoms with Crippen molar-refractivity contribution in [2.45, 2.75) is 25.7 Å². The monoisotopic (exact) mass is 296 g/mol. The number of hydrogen-bond donors (Lipinski definition) is 1. The van der Waals surface area contributed by atoms with Gasteiger partial charge in [0.2, 0.25) is 0 Å². The second kappa shape index (κ2) is 6.60. The number of benzene rings is 1. The standard InChI is InChI=1S/C18H20N2O2/c1-2-10-22-18(21)20-15-8-5-7-13(11-15)17-16-9-4-3-6-14(16)12-19-17/h2,5,7-8,11H,1,3-4,6,9-10,12H2,(H,20,21). The minimum atomic E-state index is -0.469. The maximum absolute atomic E-state index is 11.6. The van der Waals surface area contributed by atoms with E-state index in [0.29, 0.717) is 0 Å². The van der Waals surface area contributed by atoms with Gasteiger partial charge in [-0.2, -0.15) is 0 Å². The van der Waals surface area contributed by atoms with Crippen molar-refractivity contribution in [3.05, 3.63) is 53.6 Å². The molecule has 0 saturated carbocycles. The Morgan fingerprint density at radius 1 is 1.36 bits per heavy atom. The fourth-order valence-corrected chi connectivity index (χ4v) is 3.00. The molecule has 0 fully saturated rings. The van der Waals surface area contributed by atoms with Crippen LogP contribution in [0, 0.1) is 0 Å². The minimum absolute atomic E-state index is 0.203. The Morgan fingerprint density at radius 2 is 2.23 bits per heavy atom. The van der Waals surface area contributed by atoms with Crippen LogP contribution in [-0.2, 0) is 4.74 Å². The summed E-state index contributed by atoms with van der Waals surface area (Å²) in [4.78, 5) is 16.3. The molecule has 22 heavy (non-hydrogen) atoms. The summed E-state index contributed by atoms with van der Waals surface area (Å²) in [6.07, 6.45) is 5.88. The van der Waals surface area contributed by atoms with E-state index in [2.05, 4.69) is 11.9 Å². The van der Waals surface area contributed by atoms with Gasteiger partial charge in [-0.3, -0.25) is 10.3 Å². The van der Waals surface area contributed by atoms with Gasteiger partial charge in [0.1, 0.15) is 6.61 Å². The van der Waals surface area contributed by atoms with Crippen LogP contribution in [0.2, 0.25) is 0 Å². The fourth-order valence-electron chi connectivity index (χ4n) is 3.00. The summed E-state index contributed by atoms with van der Waals surface area (Å²) in [7, 11) is 0. The van der Waals surface area contributed by atoms with Gasteiger partial charge in [0.05, 0.1) is 12.3 Å². The lowest BCUT2D eigenvalue weighted by Crippen LogP contribution is -2.14. The van der Waals surface area contributed by atoms with Gasteiger partial charge >= 0.3 is 6.09 Å². The Bertz CT molecular complexity index is 659. The molecule has 1 aromatic rings. The van der Waals surface area contributed by atoms with E-state index in [1.165, 1.54) is 30.4 Å². The van der Waals surface area contributed by atoms with Gasteiger partial charge in [0, 0.05) is 11.3 Å². The Morgan fingerprint density at radius 3 is 3.09 bits per heavy atom. The first kappa shape index (κ1) is 14.6. The van der Waals surface area contributed by atoms with Crippen molar-refractivity contribution >= 4 is 17.5 Å². The van der Waals surface area contributed by atoms with E-state index in [1.807, 2.05) is 24.3 Å². The summed E-state index contributed by atoms with van der Waals surface area (Å²) in [5.41, 5.74) is 5.79. The zero-order valence-electron chi connectivity index (χ0n) is 12.6. The van der Waals surface area contributed by atoms with Crippen LogP contribution in [0.15, 0.2) is 53.1 Å². The molecular formula is C18H20N2O2. The van der Waals surface area contributed by atoms with E-state index in [9.17, 15) is 4.79 Å². The van der Waals surface area contributed by atoms with Crippen molar-refractivity contribution in [2.75, 3.05) is 18.5 Å². The van der Waals surface area contributed by atoms with Gasteiger partial charge in [-0.05, 0) is 49.0 Å². The van der Waals surface area contributed by atoms with Gasteiger partial charge in [0.25, 0.3) is 0 Å². The number of amides is 1. The second-order valence-electron chi connectivity index (χ2n) is 5.55. The molecule has 0 radical (unpaired) electrons. The van der Waals surface area contributed by atoms with Crippen molar-refractivity contribution in [3.8, 4) is 0 Å². The number of carbonyl (C=O) groups excluding carboxylic acids is 1. The summed E-state index contributed by atoms with van der Waals surface area (Å²) in [5.74, 6) is 0. The molecule has 0 spiro atoms. The predicted molar refractivity (Wildman–Crippen MR) is 88.5 cm³/mol. The maximum Gasteiger partial charge on any atom is 0.411 e. The molecule has 1 aromatic carbocycles. The number of carbonyl (C=O) groups is 1. The highest BCUT2D eigenvalue weighted by Gasteiger charge is 2.23. The number of nitrogens with one attached hydrogen (secondary N) is 1. The van der Waals surface area contributed by atoms with Crippen molar-refractivity contribution in [1.29, 1.82) is 0 Å². The molecule has 0 saturated heterocycles. The molecule has 0 atom stereocenters. The van der Waals surface area contributed by atoms with Crippen LogP contribution in [0.4, 0.5) is 10.5 Å². The largest absolute Gasteiger partial charge is 0.445 e. The second-order valence-corrected chi connectivity index (χ2v) is 5.55. The molecule has 114 valence electrons. The summed E-state index contributed by atoms with van der Waals surface area (Å²) >= 11 is 0. The molecule has 1 amide bonds. The smallest absolute Gasteiger partial charge is 0.411 e. The molecule has 1 aliphatic carbocycles. The highest BCUT2D eigenvalue weighted by molar-refractivity contribution is 6.15. The first-order valence-electron chi connectivity index (χ1n) is 7.69. The average Bonchev–Trinajstić information content (AvgIpc) is 2.97. The molecule has 1 aliphatic heterocycles. The zero-order chi connectivity index (χ0) is 15.4. The summed E-state index contributed by atoms with van der Waals surface area (Å²) in [5, 5.41) is 2.73. The highest BCUT2D eigenvalue weighted by Crippen LogP contribution is 2.32. The number of anilines is 1. The third kappa shape index (κ3) is 3.11.